The molecule has 0 aliphatic carbocycles. The van der Waals surface area contributed by atoms with E-state index in [1.165, 1.54) is 6.07 Å². The first-order valence-corrected chi connectivity index (χ1v) is 15.3. The number of anilines is 2. The molecule has 3 aromatic rings. The standard InChI is InChI=1S/C31H36N6O3S/c1-30(2,3)17-16-22-13-14-23-28(33-22)37-20-21(19-31(37,4)5)12-15-25(24-9-6-7-18-32-24)34-26-10-8-11-27(35-26)41(39,40)36-29(23)38/h6-11,13-14,18,21,25H,12,15,19-20H2,1-5H3,(H,34,35)(H,36,38)/t21-,25+/m0/s1. The molecule has 41 heavy (non-hydrogen) atoms. The third kappa shape index (κ3) is 6.51. The van der Waals surface area contributed by atoms with Crippen LogP contribution in [0, 0.1) is 23.2 Å². The van der Waals surface area contributed by atoms with Crippen LogP contribution in [0.25, 0.3) is 0 Å². The van der Waals surface area contributed by atoms with Gasteiger partial charge in [-0.3, -0.25) is 9.78 Å². The van der Waals surface area contributed by atoms with Gasteiger partial charge in [-0.05, 0) is 102 Å². The van der Waals surface area contributed by atoms with E-state index in [2.05, 4.69) is 50.6 Å². The second-order valence-corrected chi connectivity index (χ2v) is 14.0. The highest BCUT2D eigenvalue weighted by atomic mass is 32.2. The van der Waals surface area contributed by atoms with Gasteiger partial charge in [0.2, 0.25) is 0 Å². The molecule has 5 rings (SSSR count). The number of carbonyl (C=O) groups is 1. The van der Waals surface area contributed by atoms with E-state index in [1.54, 1.807) is 30.5 Å². The Morgan fingerprint density at radius 2 is 1.83 bits per heavy atom. The van der Waals surface area contributed by atoms with Gasteiger partial charge in [0.1, 0.15) is 17.3 Å². The Bertz CT molecular complexity index is 1620. The van der Waals surface area contributed by atoms with Gasteiger partial charge < -0.3 is 10.2 Å². The number of carbonyl (C=O) groups excluding carboxylic acids is 1. The van der Waals surface area contributed by atoms with E-state index in [9.17, 15) is 13.2 Å². The topological polar surface area (TPSA) is 117 Å². The van der Waals surface area contributed by atoms with Gasteiger partial charge in [0.05, 0.1) is 17.3 Å². The lowest BCUT2D eigenvalue weighted by molar-refractivity contribution is 0.0981. The van der Waals surface area contributed by atoms with E-state index in [0.717, 1.165) is 25.0 Å². The highest BCUT2D eigenvalue weighted by molar-refractivity contribution is 7.90. The van der Waals surface area contributed by atoms with Crippen LogP contribution < -0.4 is 14.9 Å². The van der Waals surface area contributed by atoms with Crippen molar-refractivity contribution in [1.82, 2.24) is 19.7 Å². The molecule has 0 spiro atoms. The lowest BCUT2D eigenvalue weighted by Gasteiger charge is -2.33. The fourth-order valence-corrected chi connectivity index (χ4v) is 6.37. The van der Waals surface area contributed by atoms with Crippen molar-refractivity contribution < 1.29 is 13.2 Å². The zero-order valence-corrected chi connectivity index (χ0v) is 24.9. The Morgan fingerprint density at radius 3 is 2.56 bits per heavy atom. The average molecular weight is 573 g/mol. The fourth-order valence-electron chi connectivity index (χ4n) is 5.44. The van der Waals surface area contributed by atoms with Crippen LogP contribution in [0.4, 0.5) is 11.6 Å². The highest BCUT2D eigenvalue weighted by Crippen LogP contribution is 2.40. The summed E-state index contributed by atoms with van der Waals surface area (Å²) in [5.41, 5.74) is 1.01. The number of pyridine rings is 3. The van der Waals surface area contributed by atoms with Crippen molar-refractivity contribution in [2.24, 2.45) is 11.3 Å². The zero-order chi connectivity index (χ0) is 29.4. The normalized spacial score (nSPS) is 21.7. The van der Waals surface area contributed by atoms with E-state index >= 15 is 0 Å². The zero-order valence-electron chi connectivity index (χ0n) is 24.1. The van der Waals surface area contributed by atoms with Crippen molar-refractivity contribution >= 4 is 27.6 Å². The Labute approximate surface area is 242 Å². The Morgan fingerprint density at radius 1 is 1.02 bits per heavy atom. The molecule has 3 aromatic heterocycles. The van der Waals surface area contributed by atoms with Gasteiger partial charge >= 0.3 is 0 Å². The second kappa shape index (κ2) is 10.8. The van der Waals surface area contributed by atoms with Crippen LogP contribution >= 0.6 is 0 Å². The summed E-state index contributed by atoms with van der Waals surface area (Å²) in [6, 6.07) is 13.6. The maximum absolute atomic E-state index is 13.6. The number of hydrogen-bond acceptors (Lipinski definition) is 8. The summed E-state index contributed by atoms with van der Waals surface area (Å²) in [7, 11) is -4.28. The van der Waals surface area contributed by atoms with Gasteiger partial charge in [-0.1, -0.05) is 18.1 Å². The molecule has 2 N–H and O–H groups in total. The Hall–Kier alpha value is -3.97. The van der Waals surface area contributed by atoms with Crippen LogP contribution in [0.1, 0.15) is 81.7 Å². The molecule has 2 aliphatic rings. The molecule has 10 heteroatoms. The molecule has 1 fully saturated rings. The number of fused-ring (bicyclic) bond motifs is 6. The molecule has 0 radical (unpaired) electrons. The molecule has 1 saturated heterocycles. The van der Waals surface area contributed by atoms with E-state index in [1.807, 2.05) is 39.0 Å². The molecular weight excluding hydrogens is 536 g/mol. The fraction of sp³-hybridized carbons (Fsp3) is 0.419. The monoisotopic (exact) mass is 572 g/mol. The molecule has 0 unspecified atom stereocenters. The third-order valence-electron chi connectivity index (χ3n) is 7.36. The lowest BCUT2D eigenvalue weighted by Crippen LogP contribution is -2.41. The van der Waals surface area contributed by atoms with Gasteiger partial charge in [0, 0.05) is 23.7 Å². The van der Waals surface area contributed by atoms with Gasteiger partial charge in [-0.25, -0.2) is 14.7 Å². The Kier molecular flexibility index (Phi) is 7.51. The van der Waals surface area contributed by atoms with Crippen LogP contribution in [0.2, 0.25) is 0 Å². The summed E-state index contributed by atoms with van der Waals surface area (Å²) in [4.78, 5) is 29.4. The summed E-state index contributed by atoms with van der Waals surface area (Å²) >= 11 is 0. The number of sulfonamides is 1. The maximum atomic E-state index is 13.6. The molecule has 5 heterocycles. The number of nitrogens with zero attached hydrogens (tertiary/aromatic N) is 4. The molecule has 2 atom stereocenters. The minimum absolute atomic E-state index is 0.178. The van der Waals surface area contributed by atoms with Gasteiger partial charge in [0.15, 0.2) is 5.03 Å². The van der Waals surface area contributed by atoms with Gasteiger partial charge in [-0.2, -0.15) is 8.42 Å². The predicted octanol–water partition coefficient (Wildman–Crippen LogP) is 4.94. The van der Waals surface area contributed by atoms with Crippen LogP contribution in [-0.2, 0) is 10.0 Å². The number of aromatic nitrogens is 3. The second-order valence-electron chi connectivity index (χ2n) is 12.4. The minimum atomic E-state index is -4.28. The summed E-state index contributed by atoms with van der Waals surface area (Å²) in [5, 5.41) is 3.14. The van der Waals surface area contributed by atoms with Crippen molar-refractivity contribution in [1.29, 1.82) is 0 Å². The van der Waals surface area contributed by atoms with E-state index in [0.29, 0.717) is 29.8 Å². The number of amides is 1. The van der Waals surface area contributed by atoms with Crippen LogP contribution in [-0.4, -0.2) is 41.4 Å². The van der Waals surface area contributed by atoms with Gasteiger partial charge in [-0.15, -0.1) is 0 Å². The Balaban J connectivity index is 1.62. The van der Waals surface area contributed by atoms with E-state index < -0.39 is 15.9 Å². The molecule has 4 bridgehead atoms. The average Bonchev–Trinajstić information content (AvgIpc) is 3.23. The lowest BCUT2D eigenvalue weighted by atomic mass is 9.91. The molecule has 2 aliphatic heterocycles. The minimum Gasteiger partial charge on any atom is -0.362 e. The van der Waals surface area contributed by atoms with Crippen LogP contribution in [0.5, 0.6) is 0 Å². The van der Waals surface area contributed by atoms with Crippen molar-refractivity contribution in [3.63, 3.8) is 0 Å². The maximum Gasteiger partial charge on any atom is 0.281 e. The van der Waals surface area contributed by atoms with E-state index in [-0.39, 0.29) is 27.6 Å². The summed E-state index contributed by atoms with van der Waals surface area (Å²) < 4.78 is 28.9. The van der Waals surface area contributed by atoms with Crippen molar-refractivity contribution in [2.75, 3.05) is 16.8 Å². The summed E-state index contributed by atoms with van der Waals surface area (Å²) in [6.45, 7) is 11.0. The van der Waals surface area contributed by atoms with Crippen LogP contribution in [0.3, 0.4) is 0 Å². The van der Waals surface area contributed by atoms with Crippen molar-refractivity contribution in [3.05, 3.63) is 71.7 Å². The van der Waals surface area contributed by atoms with Crippen LogP contribution in [0.15, 0.2) is 59.8 Å². The molecule has 214 valence electrons. The van der Waals surface area contributed by atoms with Gasteiger partial charge in [0.25, 0.3) is 15.9 Å². The first kappa shape index (κ1) is 28.6. The number of nitrogens with one attached hydrogen (secondary N) is 2. The van der Waals surface area contributed by atoms with Crippen molar-refractivity contribution in [3.8, 4) is 11.8 Å². The highest BCUT2D eigenvalue weighted by Gasteiger charge is 2.41. The molecule has 9 nitrogen and oxygen atoms in total. The number of hydrogen-bond donors (Lipinski definition) is 2. The predicted molar refractivity (Wildman–Crippen MR) is 159 cm³/mol. The van der Waals surface area contributed by atoms with E-state index in [4.69, 9.17) is 4.98 Å². The molecule has 0 aromatic carbocycles. The SMILES string of the molecule is CC(C)(C)C#Cc1ccc2c(n1)N1C[C@@H](CC[C@H](c3ccccn3)Nc3cccc(n3)S(=O)(=O)NC2=O)CC1(C)C. The molecule has 1 amide bonds. The van der Waals surface area contributed by atoms with Crippen molar-refractivity contribution in [2.45, 2.75) is 70.5 Å². The quantitative estimate of drug-likeness (QED) is 0.394. The number of rotatable bonds is 1. The molecule has 0 saturated carbocycles. The molecular formula is C31H36N6O3S. The first-order chi connectivity index (χ1) is 19.3. The summed E-state index contributed by atoms with van der Waals surface area (Å²) in [6.07, 6.45) is 4.28. The first-order valence-electron chi connectivity index (χ1n) is 13.8. The third-order valence-corrected chi connectivity index (χ3v) is 8.59. The smallest absolute Gasteiger partial charge is 0.281 e. The summed E-state index contributed by atoms with van der Waals surface area (Å²) in [5.74, 6) is 6.71. The largest absolute Gasteiger partial charge is 0.362 e.